The molecule has 1 aliphatic rings. The number of nitrogens with zero attached hydrogens (tertiary/aromatic N) is 1. The van der Waals surface area contributed by atoms with Crippen LogP contribution in [-0.4, -0.2) is 48.4 Å². The average Bonchev–Trinajstić information content (AvgIpc) is 2.74. The van der Waals surface area contributed by atoms with Gasteiger partial charge < -0.3 is 15.0 Å². The molecule has 146 valence electrons. The van der Waals surface area contributed by atoms with E-state index in [9.17, 15) is 14.4 Å². The van der Waals surface area contributed by atoms with Crippen LogP contribution >= 0.6 is 0 Å². The standard InChI is InChI=1S/C22H24N2O4/c1-2-28-22(27)24-14-12-17(13-15-24)23-21(26)19-11-7-6-10-18(19)20(25)16-8-4-3-5-9-16/h3-11,17H,2,12-15H2,1H3,(H,23,26). The van der Waals surface area contributed by atoms with Crippen molar-refractivity contribution in [3.8, 4) is 0 Å². The average molecular weight is 380 g/mol. The summed E-state index contributed by atoms with van der Waals surface area (Å²) in [5.74, 6) is -0.446. The van der Waals surface area contributed by atoms with Crippen molar-refractivity contribution >= 4 is 17.8 Å². The van der Waals surface area contributed by atoms with E-state index < -0.39 is 0 Å². The van der Waals surface area contributed by atoms with E-state index in [2.05, 4.69) is 5.32 Å². The minimum absolute atomic E-state index is 0.0435. The molecule has 6 heteroatoms. The van der Waals surface area contributed by atoms with Gasteiger partial charge in [-0.25, -0.2) is 4.79 Å². The second-order valence-electron chi connectivity index (χ2n) is 6.67. The van der Waals surface area contributed by atoms with Crippen LogP contribution < -0.4 is 5.32 Å². The van der Waals surface area contributed by atoms with Gasteiger partial charge in [-0.3, -0.25) is 9.59 Å². The summed E-state index contributed by atoms with van der Waals surface area (Å²) in [7, 11) is 0. The molecule has 1 N–H and O–H groups in total. The van der Waals surface area contributed by atoms with Crippen molar-refractivity contribution in [2.24, 2.45) is 0 Å². The highest BCUT2D eigenvalue weighted by Crippen LogP contribution is 2.17. The van der Waals surface area contributed by atoms with E-state index in [0.717, 1.165) is 0 Å². The molecule has 2 amide bonds. The van der Waals surface area contributed by atoms with Crippen LogP contribution in [0.1, 0.15) is 46.0 Å². The maximum atomic E-state index is 12.8. The van der Waals surface area contributed by atoms with E-state index in [4.69, 9.17) is 4.74 Å². The number of carbonyl (C=O) groups excluding carboxylic acids is 3. The zero-order valence-electron chi connectivity index (χ0n) is 15.9. The van der Waals surface area contributed by atoms with Gasteiger partial charge in [-0.05, 0) is 25.8 Å². The fourth-order valence-electron chi connectivity index (χ4n) is 3.31. The fraction of sp³-hybridized carbons (Fsp3) is 0.318. The molecule has 1 aliphatic heterocycles. The van der Waals surface area contributed by atoms with Gasteiger partial charge >= 0.3 is 6.09 Å². The van der Waals surface area contributed by atoms with Crippen molar-refractivity contribution in [1.29, 1.82) is 0 Å². The van der Waals surface area contributed by atoms with Crippen LogP contribution in [0.15, 0.2) is 54.6 Å². The van der Waals surface area contributed by atoms with E-state index >= 15 is 0 Å². The van der Waals surface area contributed by atoms with Crippen molar-refractivity contribution in [2.45, 2.75) is 25.8 Å². The molecule has 0 aromatic heterocycles. The summed E-state index contributed by atoms with van der Waals surface area (Å²) in [5.41, 5.74) is 1.30. The third kappa shape index (κ3) is 4.57. The van der Waals surface area contributed by atoms with Crippen LogP contribution in [0.4, 0.5) is 4.79 Å². The molecule has 0 spiro atoms. The van der Waals surface area contributed by atoms with Crippen LogP contribution in [0.3, 0.4) is 0 Å². The number of likely N-dealkylation sites (tertiary alicyclic amines) is 1. The van der Waals surface area contributed by atoms with E-state index in [0.29, 0.717) is 49.2 Å². The second-order valence-corrected chi connectivity index (χ2v) is 6.67. The number of carbonyl (C=O) groups is 3. The molecule has 28 heavy (non-hydrogen) atoms. The smallest absolute Gasteiger partial charge is 0.409 e. The van der Waals surface area contributed by atoms with Crippen molar-refractivity contribution < 1.29 is 19.1 Å². The molecule has 0 atom stereocenters. The predicted molar refractivity (Wildman–Crippen MR) is 105 cm³/mol. The molecular formula is C22H24N2O4. The van der Waals surface area contributed by atoms with Crippen molar-refractivity contribution in [3.05, 3.63) is 71.3 Å². The highest BCUT2D eigenvalue weighted by molar-refractivity contribution is 6.15. The number of rotatable bonds is 5. The first-order chi connectivity index (χ1) is 13.6. The number of nitrogens with one attached hydrogen (secondary N) is 1. The lowest BCUT2D eigenvalue weighted by Gasteiger charge is -2.31. The highest BCUT2D eigenvalue weighted by atomic mass is 16.6. The Morgan fingerprint density at radius 2 is 1.57 bits per heavy atom. The number of ketones is 1. The summed E-state index contributed by atoms with van der Waals surface area (Å²) >= 11 is 0. The largest absolute Gasteiger partial charge is 0.450 e. The Labute approximate surface area is 164 Å². The predicted octanol–water partition coefficient (Wildman–Crippen LogP) is 3.27. The van der Waals surface area contributed by atoms with Gasteiger partial charge in [0.2, 0.25) is 0 Å². The molecule has 0 radical (unpaired) electrons. The maximum absolute atomic E-state index is 12.8. The van der Waals surface area contributed by atoms with E-state index in [1.807, 2.05) is 6.07 Å². The number of benzene rings is 2. The Kier molecular flexibility index (Phi) is 6.42. The normalized spacial score (nSPS) is 14.4. The van der Waals surface area contributed by atoms with Gasteiger partial charge in [-0.15, -0.1) is 0 Å². The number of ether oxygens (including phenoxy) is 1. The molecule has 2 aromatic carbocycles. The first kappa shape index (κ1) is 19.6. The zero-order valence-corrected chi connectivity index (χ0v) is 15.9. The maximum Gasteiger partial charge on any atom is 0.409 e. The molecule has 6 nitrogen and oxygen atoms in total. The molecule has 1 saturated heterocycles. The molecule has 2 aromatic rings. The minimum atomic E-state index is -0.314. The summed E-state index contributed by atoms with van der Waals surface area (Å²) in [5, 5.41) is 3.00. The first-order valence-corrected chi connectivity index (χ1v) is 9.51. The molecular weight excluding hydrogens is 356 g/mol. The van der Waals surface area contributed by atoms with Gasteiger partial charge in [0.15, 0.2) is 5.78 Å². The number of hydrogen-bond donors (Lipinski definition) is 1. The van der Waals surface area contributed by atoms with Gasteiger partial charge in [0, 0.05) is 30.3 Å². The number of piperidine rings is 1. The van der Waals surface area contributed by atoms with Crippen molar-refractivity contribution in [1.82, 2.24) is 10.2 Å². The van der Waals surface area contributed by atoms with Gasteiger partial charge in [-0.2, -0.15) is 0 Å². The monoisotopic (exact) mass is 380 g/mol. The molecule has 0 aliphatic carbocycles. The summed E-state index contributed by atoms with van der Waals surface area (Å²) in [6.07, 6.45) is 0.990. The van der Waals surface area contributed by atoms with Gasteiger partial charge in [-0.1, -0.05) is 48.5 Å². The Bertz CT molecular complexity index is 843. The van der Waals surface area contributed by atoms with E-state index in [1.54, 1.807) is 60.4 Å². The summed E-state index contributed by atoms with van der Waals surface area (Å²) in [6.45, 7) is 3.20. The van der Waals surface area contributed by atoms with Crippen LogP contribution in [0.2, 0.25) is 0 Å². The van der Waals surface area contributed by atoms with Crippen LogP contribution in [-0.2, 0) is 4.74 Å². The molecule has 1 heterocycles. The van der Waals surface area contributed by atoms with Crippen LogP contribution in [0.5, 0.6) is 0 Å². The molecule has 0 bridgehead atoms. The molecule has 1 fully saturated rings. The van der Waals surface area contributed by atoms with Gasteiger partial charge in [0.05, 0.1) is 12.2 Å². The third-order valence-corrected chi connectivity index (χ3v) is 4.81. The lowest BCUT2D eigenvalue weighted by Crippen LogP contribution is -2.46. The van der Waals surface area contributed by atoms with Crippen LogP contribution in [0, 0.1) is 0 Å². The summed E-state index contributed by atoms with van der Waals surface area (Å²) in [6, 6.07) is 15.7. The van der Waals surface area contributed by atoms with Crippen molar-refractivity contribution in [2.75, 3.05) is 19.7 Å². The topological polar surface area (TPSA) is 75.7 Å². The molecule has 3 rings (SSSR count). The van der Waals surface area contributed by atoms with E-state index in [1.165, 1.54) is 0 Å². The Balaban J connectivity index is 1.66. The number of hydrogen-bond acceptors (Lipinski definition) is 4. The Morgan fingerprint density at radius 1 is 0.964 bits per heavy atom. The number of amides is 2. The first-order valence-electron chi connectivity index (χ1n) is 9.51. The summed E-state index contributed by atoms with van der Waals surface area (Å²) in [4.78, 5) is 39.1. The summed E-state index contributed by atoms with van der Waals surface area (Å²) < 4.78 is 5.01. The highest BCUT2D eigenvalue weighted by Gasteiger charge is 2.26. The SMILES string of the molecule is CCOC(=O)N1CCC(NC(=O)c2ccccc2C(=O)c2ccccc2)CC1. The second kappa shape index (κ2) is 9.17. The van der Waals surface area contributed by atoms with E-state index in [-0.39, 0.29) is 23.8 Å². The Morgan fingerprint density at radius 3 is 2.21 bits per heavy atom. The lowest BCUT2D eigenvalue weighted by molar-refractivity contribution is 0.0854. The molecule has 0 saturated carbocycles. The zero-order chi connectivity index (χ0) is 19.9. The van der Waals surface area contributed by atoms with Gasteiger partial charge in [0.25, 0.3) is 5.91 Å². The van der Waals surface area contributed by atoms with Crippen molar-refractivity contribution in [3.63, 3.8) is 0 Å². The minimum Gasteiger partial charge on any atom is -0.450 e. The van der Waals surface area contributed by atoms with Crippen LogP contribution in [0.25, 0.3) is 0 Å². The Hall–Kier alpha value is -3.15. The lowest BCUT2D eigenvalue weighted by atomic mass is 9.97. The van der Waals surface area contributed by atoms with Gasteiger partial charge in [0.1, 0.15) is 0 Å². The fourth-order valence-corrected chi connectivity index (χ4v) is 3.31. The molecule has 0 unspecified atom stereocenters. The quantitative estimate of drug-likeness (QED) is 0.808. The third-order valence-electron chi connectivity index (χ3n) is 4.81.